The first-order valence-electron chi connectivity index (χ1n) is 10.5. The smallest absolute Gasteiger partial charge is 0.270 e. The van der Waals surface area contributed by atoms with Gasteiger partial charge in [0.15, 0.2) is 0 Å². The van der Waals surface area contributed by atoms with E-state index in [0.29, 0.717) is 32.2 Å². The average molecular weight is 547 g/mol. The fourth-order valence-electron chi connectivity index (χ4n) is 3.14. The summed E-state index contributed by atoms with van der Waals surface area (Å²) in [5, 5.41) is 0. The van der Waals surface area contributed by atoms with Crippen LogP contribution in [0.5, 0.6) is 0 Å². The van der Waals surface area contributed by atoms with E-state index in [0.717, 1.165) is 18.4 Å². The molecule has 172 valence electrons. The molecular formula is C24H24BrN3O3S2. The number of nitrogens with one attached hydrogen (secondary N) is 2. The van der Waals surface area contributed by atoms with Gasteiger partial charge < -0.3 is 0 Å². The average Bonchev–Trinajstić information content (AvgIpc) is 3.06. The van der Waals surface area contributed by atoms with Crippen molar-refractivity contribution in [3.63, 3.8) is 0 Å². The van der Waals surface area contributed by atoms with E-state index in [9.17, 15) is 14.4 Å². The highest BCUT2D eigenvalue weighted by Crippen LogP contribution is 2.32. The Morgan fingerprint density at radius 1 is 1.06 bits per heavy atom. The fourth-order valence-corrected chi connectivity index (χ4v) is 4.91. The Morgan fingerprint density at radius 2 is 1.79 bits per heavy atom. The van der Waals surface area contributed by atoms with Crippen molar-refractivity contribution in [2.45, 2.75) is 32.6 Å². The topological polar surface area (TPSA) is 78.5 Å². The largest absolute Gasteiger partial charge is 0.293 e. The van der Waals surface area contributed by atoms with Crippen LogP contribution in [-0.2, 0) is 9.59 Å². The summed E-state index contributed by atoms with van der Waals surface area (Å²) < 4.78 is 1.21. The zero-order chi connectivity index (χ0) is 23.8. The number of amides is 3. The van der Waals surface area contributed by atoms with Gasteiger partial charge in [0.2, 0.25) is 5.91 Å². The molecule has 0 bridgehead atoms. The second kappa shape index (κ2) is 12.1. The lowest BCUT2D eigenvalue weighted by Gasteiger charge is -2.14. The summed E-state index contributed by atoms with van der Waals surface area (Å²) >= 11 is 10.0. The van der Waals surface area contributed by atoms with Gasteiger partial charge in [-0.2, -0.15) is 0 Å². The van der Waals surface area contributed by atoms with Crippen molar-refractivity contribution in [2.24, 2.45) is 0 Å². The lowest BCUT2D eigenvalue weighted by molar-refractivity contribution is -0.123. The minimum atomic E-state index is -0.385. The van der Waals surface area contributed by atoms with Crippen LogP contribution in [0.1, 0.15) is 47.2 Å². The van der Waals surface area contributed by atoms with Gasteiger partial charge >= 0.3 is 0 Å². The highest BCUT2D eigenvalue weighted by atomic mass is 79.9. The van der Waals surface area contributed by atoms with Crippen molar-refractivity contribution in [1.29, 1.82) is 0 Å². The predicted molar refractivity (Wildman–Crippen MR) is 139 cm³/mol. The summed E-state index contributed by atoms with van der Waals surface area (Å²) in [6.07, 6.45) is 4.29. The van der Waals surface area contributed by atoms with Crippen LogP contribution in [0.15, 0.2) is 57.9 Å². The summed E-state index contributed by atoms with van der Waals surface area (Å²) in [7, 11) is 0. The lowest BCUT2D eigenvalue weighted by Crippen LogP contribution is -2.41. The SMILES string of the molecule is Cc1ccc(/C=C2\SC(=S)N(CCCCCC(=O)NNC(=O)c3ccccc3Br)C2=O)cc1. The van der Waals surface area contributed by atoms with Crippen LogP contribution in [-0.4, -0.2) is 33.5 Å². The van der Waals surface area contributed by atoms with E-state index in [1.165, 1.54) is 17.3 Å². The van der Waals surface area contributed by atoms with E-state index in [4.69, 9.17) is 12.2 Å². The molecule has 1 fully saturated rings. The van der Waals surface area contributed by atoms with Crippen LogP contribution in [0.3, 0.4) is 0 Å². The molecule has 0 aliphatic carbocycles. The first-order valence-corrected chi connectivity index (χ1v) is 12.5. The first-order chi connectivity index (χ1) is 15.8. The van der Waals surface area contributed by atoms with Crippen LogP contribution in [0.25, 0.3) is 6.08 Å². The highest BCUT2D eigenvalue weighted by Gasteiger charge is 2.31. The third-order valence-electron chi connectivity index (χ3n) is 4.97. The number of carbonyl (C=O) groups excluding carboxylic acids is 3. The summed E-state index contributed by atoms with van der Waals surface area (Å²) in [6, 6.07) is 15.0. The molecule has 1 aliphatic rings. The van der Waals surface area contributed by atoms with E-state index in [1.54, 1.807) is 23.1 Å². The monoisotopic (exact) mass is 545 g/mol. The molecule has 1 heterocycles. The van der Waals surface area contributed by atoms with Gasteiger partial charge in [-0.1, -0.05) is 72.4 Å². The van der Waals surface area contributed by atoms with Crippen molar-refractivity contribution in [3.8, 4) is 0 Å². The molecule has 33 heavy (non-hydrogen) atoms. The van der Waals surface area contributed by atoms with Gasteiger partial charge in [0.25, 0.3) is 11.8 Å². The number of thioether (sulfide) groups is 1. The van der Waals surface area contributed by atoms with E-state index in [-0.39, 0.29) is 24.1 Å². The molecule has 0 radical (unpaired) electrons. The van der Waals surface area contributed by atoms with Crippen LogP contribution < -0.4 is 10.9 Å². The summed E-state index contributed by atoms with van der Waals surface area (Å²) in [5.41, 5.74) is 7.43. The maximum Gasteiger partial charge on any atom is 0.270 e. The van der Waals surface area contributed by atoms with E-state index < -0.39 is 0 Å². The fraction of sp³-hybridized carbons (Fsp3) is 0.250. The number of hydrogen-bond donors (Lipinski definition) is 2. The number of aryl methyl sites for hydroxylation is 1. The van der Waals surface area contributed by atoms with Crippen molar-refractivity contribution in [2.75, 3.05) is 6.54 Å². The molecule has 0 unspecified atom stereocenters. The molecule has 2 aromatic rings. The molecule has 2 N–H and O–H groups in total. The van der Waals surface area contributed by atoms with Crippen molar-refractivity contribution in [3.05, 3.63) is 74.6 Å². The van der Waals surface area contributed by atoms with Crippen LogP contribution >= 0.6 is 39.9 Å². The molecule has 6 nitrogen and oxygen atoms in total. The summed E-state index contributed by atoms with van der Waals surface area (Å²) in [6.45, 7) is 2.54. The minimum absolute atomic E-state index is 0.0712. The normalized spacial score (nSPS) is 14.6. The molecule has 3 rings (SSSR count). The van der Waals surface area contributed by atoms with Gasteiger partial charge in [-0.15, -0.1) is 0 Å². The highest BCUT2D eigenvalue weighted by molar-refractivity contribution is 9.10. The van der Waals surface area contributed by atoms with Crippen LogP contribution in [0, 0.1) is 6.92 Å². The van der Waals surface area contributed by atoms with Crippen LogP contribution in [0.2, 0.25) is 0 Å². The summed E-state index contributed by atoms with van der Waals surface area (Å²) in [4.78, 5) is 39.0. The molecule has 3 amide bonds. The Hall–Kier alpha value is -2.49. The van der Waals surface area contributed by atoms with Gasteiger partial charge in [0.1, 0.15) is 4.32 Å². The summed E-state index contributed by atoms with van der Waals surface area (Å²) in [5.74, 6) is -0.718. The van der Waals surface area contributed by atoms with Crippen molar-refractivity contribution in [1.82, 2.24) is 15.8 Å². The quantitative estimate of drug-likeness (QED) is 0.211. The van der Waals surface area contributed by atoms with Crippen LogP contribution in [0.4, 0.5) is 0 Å². The molecule has 1 aliphatic heterocycles. The first kappa shape index (κ1) is 25.1. The zero-order valence-electron chi connectivity index (χ0n) is 18.1. The number of rotatable bonds is 8. The second-order valence-corrected chi connectivity index (χ2v) is 10.1. The Labute approximate surface area is 211 Å². The minimum Gasteiger partial charge on any atom is -0.293 e. The van der Waals surface area contributed by atoms with Gasteiger partial charge in [-0.05, 0) is 59.5 Å². The number of unbranched alkanes of at least 4 members (excludes halogenated alkanes) is 2. The number of benzene rings is 2. The third-order valence-corrected chi connectivity index (χ3v) is 7.04. The molecule has 9 heteroatoms. The number of halogens is 1. The number of thiocarbonyl (C=S) groups is 1. The maximum atomic E-state index is 12.7. The standard InChI is InChI=1S/C24H24BrN3O3S2/c1-16-10-12-17(13-11-16)15-20-23(31)28(24(32)33-20)14-6-2-3-9-21(29)26-27-22(30)18-7-4-5-8-19(18)25/h4-5,7-8,10-13,15H,2-3,6,9,14H2,1H3,(H,26,29)(H,27,30)/b20-15-. The van der Waals surface area contributed by atoms with Gasteiger partial charge in [-0.3, -0.25) is 30.1 Å². The zero-order valence-corrected chi connectivity index (χ0v) is 21.3. The number of hydrogen-bond acceptors (Lipinski definition) is 5. The Morgan fingerprint density at radius 3 is 2.52 bits per heavy atom. The number of hydrazine groups is 1. The molecule has 0 saturated carbocycles. The lowest BCUT2D eigenvalue weighted by atomic mass is 10.1. The molecule has 1 saturated heterocycles. The third kappa shape index (κ3) is 7.25. The Kier molecular flexibility index (Phi) is 9.22. The molecule has 2 aromatic carbocycles. The maximum absolute atomic E-state index is 12.7. The Bertz CT molecular complexity index is 1090. The van der Waals surface area contributed by atoms with Gasteiger partial charge in [0, 0.05) is 17.4 Å². The second-order valence-electron chi connectivity index (χ2n) is 7.54. The van der Waals surface area contributed by atoms with Crippen molar-refractivity contribution >= 4 is 68.0 Å². The number of carbonyl (C=O) groups is 3. The molecular weight excluding hydrogens is 522 g/mol. The predicted octanol–water partition coefficient (Wildman–Crippen LogP) is 4.98. The van der Waals surface area contributed by atoms with E-state index >= 15 is 0 Å². The van der Waals surface area contributed by atoms with Crippen molar-refractivity contribution < 1.29 is 14.4 Å². The van der Waals surface area contributed by atoms with E-state index in [2.05, 4.69) is 26.8 Å². The number of nitrogens with zero attached hydrogens (tertiary/aromatic N) is 1. The van der Waals surface area contributed by atoms with Gasteiger partial charge in [0.05, 0.1) is 10.5 Å². The molecule has 0 atom stereocenters. The Balaban J connectivity index is 1.36. The van der Waals surface area contributed by atoms with E-state index in [1.807, 2.05) is 43.3 Å². The molecule has 0 spiro atoms. The molecule has 0 aromatic heterocycles. The van der Waals surface area contributed by atoms with Gasteiger partial charge in [-0.25, -0.2) is 0 Å².